The van der Waals surface area contributed by atoms with Gasteiger partial charge >= 0.3 is 0 Å². The minimum atomic E-state index is -0.537. The van der Waals surface area contributed by atoms with Gasteiger partial charge in [0.15, 0.2) is 5.82 Å². The van der Waals surface area contributed by atoms with E-state index in [1.807, 2.05) is 12.1 Å². The third-order valence-electron chi connectivity index (χ3n) is 12.7. The Morgan fingerprint density at radius 3 is 1.45 bits per heavy atom. The van der Waals surface area contributed by atoms with Crippen LogP contribution in [-0.2, 0) is 5.41 Å². The van der Waals surface area contributed by atoms with Crippen molar-refractivity contribution >= 4 is 21.8 Å². The molecule has 0 amide bonds. The van der Waals surface area contributed by atoms with Gasteiger partial charge in [-0.3, -0.25) is 0 Å². The van der Waals surface area contributed by atoms with Gasteiger partial charge in [0, 0.05) is 27.5 Å². The van der Waals surface area contributed by atoms with E-state index in [1.165, 1.54) is 60.9 Å². The average Bonchev–Trinajstić information content (AvgIpc) is 3.70. The average molecular weight is 790 g/mol. The van der Waals surface area contributed by atoms with Crippen LogP contribution in [0.4, 0.5) is 0 Å². The molecule has 1 aliphatic heterocycles. The highest BCUT2D eigenvalue weighted by Gasteiger charge is 2.45. The quantitative estimate of drug-likeness (QED) is 0.161. The zero-order valence-electron chi connectivity index (χ0n) is 33.9. The predicted molar refractivity (Wildman–Crippen MR) is 255 cm³/mol. The van der Waals surface area contributed by atoms with E-state index in [1.54, 1.807) is 0 Å². The number of fused-ring (bicyclic) bond motifs is 5. The molecule has 0 bridgehead atoms. The van der Waals surface area contributed by atoms with Gasteiger partial charge in [-0.25, -0.2) is 9.97 Å². The van der Waals surface area contributed by atoms with Gasteiger partial charge in [0.05, 0.1) is 33.5 Å². The second-order valence-electron chi connectivity index (χ2n) is 16.1. The first kappa shape index (κ1) is 35.8. The van der Waals surface area contributed by atoms with Crippen molar-refractivity contribution in [1.29, 1.82) is 0 Å². The third-order valence-corrected chi connectivity index (χ3v) is 12.7. The molecule has 1 unspecified atom stereocenters. The standard InChI is InChI=1S/C59H39N3/c1-4-15-40(16-5-1)41-27-31-45(32-28-41)54-39-53(44-17-6-2-7-18-44)60-58(61-54)46-33-29-42(30-34-46)43-35-37-48(38-36-43)59(47-19-8-3-9-20-47)51-23-11-13-26-56(51)62-55-25-12-10-21-49(55)50-22-14-24-52(59)57(50)62/h1-39H. The fraction of sp³-hybridized carbons (Fsp3) is 0.0169. The van der Waals surface area contributed by atoms with Crippen molar-refractivity contribution < 1.29 is 0 Å². The van der Waals surface area contributed by atoms with E-state index in [9.17, 15) is 0 Å². The van der Waals surface area contributed by atoms with Gasteiger partial charge in [-0.15, -0.1) is 0 Å². The van der Waals surface area contributed by atoms with Crippen LogP contribution in [0.15, 0.2) is 237 Å². The van der Waals surface area contributed by atoms with Crippen LogP contribution in [0.25, 0.3) is 83.6 Å². The molecule has 2 aromatic heterocycles. The highest BCUT2D eigenvalue weighted by Crippen LogP contribution is 2.54. The van der Waals surface area contributed by atoms with Gasteiger partial charge in [-0.1, -0.05) is 218 Å². The van der Waals surface area contributed by atoms with Crippen LogP contribution < -0.4 is 0 Å². The Morgan fingerprint density at radius 1 is 0.323 bits per heavy atom. The lowest BCUT2D eigenvalue weighted by atomic mass is 9.63. The van der Waals surface area contributed by atoms with Crippen LogP contribution in [0.1, 0.15) is 22.3 Å². The van der Waals surface area contributed by atoms with E-state index in [0.29, 0.717) is 5.82 Å². The van der Waals surface area contributed by atoms with Crippen molar-refractivity contribution in [2.75, 3.05) is 0 Å². The summed E-state index contributed by atoms with van der Waals surface area (Å²) in [5.74, 6) is 0.697. The summed E-state index contributed by atoms with van der Waals surface area (Å²) in [6.45, 7) is 0. The Kier molecular flexibility index (Phi) is 8.39. The summed E-state index contributed by atoms with van der Waals surface area (Å²) >= 11 is 0. The van der Waals surface area contributed by atoms with Crippen molar-refractivity contribution in [2.45, 2.75) is 5.41 Å². The van der Waals surface area contributed by atoms with E-state index in [4.69, 9.17) is 9.97 Å². The van der Waals surface area contributed by atoms with E-state index in [-0.39, 0.29) is 0 Å². The zero-order chi connectivity index (χ0) is 41.0. The summed E-state index contributed by atoms with van der Waals surface area (Å²) in [4.78, 5) is 10.3. The monoisotopic (exact) mass is 789 g/mol. The number of para-hydroxylation sites is 3. The fourth-order valence-corrected chi connectivity index (χ4v) is 9.85. The molecular formula is C59H39N3. The molecule has 0 N–H and O–H groups in total. The lowest BCUT2D eigenvalue weighted by Gasteiger charge is -2.41. The van der Waals surface area contributed by atoms with Crippen molar-refractivity contribution in [1.82, 2.24) is 14.5 Å². The molecular weight excluding hydrogens is 751 g/mol. The summed E-state index contributed by atoms with van der Waals surface area (Å²) in [6, 6.07) is 85.2. The van der Waals surface area contributed by atoms with Gasteiger partial charge in [0.1, 0.15) is 0 Å². The normalized spacial score (nSPS) is 14.2. The molecule has 12 rings (SSSR count). The molecule has 11 aromatic rings. The summed E-state index contributed by atoms with van der Waals surface area (Å²) in [5, 5.41) is 2.55. The van der Waals surface area contributed by atoms with Crippen molar-refractivity contribution in [3.63, 3.8) is 0 Å². The summed E-state index contributed by atoms with van der Waals surface area (Å²) in [7, 11) is 0. The van der Waals surface area contributed by atoms with Crippen LogP contribution in [0.3, 0.4) is 0 Å². The smallest absolute Gasteiger partial charge is 0.160 e. The topological polar surface area (TPSA) is 30.7 Å². The van der Waals surface area contributed by atoms with Crippen molar-refractivity contribution in [3.05, 3.63) is 259 Å². The number of rotatable bonds is 7. The molecule has 3 heteroatoms. The summed E-state index contributed by atoms with van der Waals surface area (Å²) in [6.07, 6.45) is 0. The highest BCUT2D eigenvalue weighted by molar-refractivity contribution is 6.12. The van der Waals surface area contributed by atoms with Gasteiger partial charge in [-0.05, 0) is 62.7 Å². The predicted octanol–water partition coefficient (Wildman–Crippen LogP) is 14.6. The van der Waals surface area contributed by atoms with Gasteiger partial charge in [0.25, 0.3) is 0 Å². The minimum Gasteiger partial charge on any atom is -0.309 e. The second kappa shape index (κ2) is 14.5. The van der Waals surface area contributed by atoms with E-state index in [0.717, 1.165) is 39.2 Å². The SMILES string of the molecule is c1ccc(-c2ccc(-c3cc(-c4ccccc4)nc(-c4ccc(-c5ccc(C6(c7ccccc7)c7ccccc7-n7c8ccccc8c8cccc6c87)cc5)cc4)n3)cc2)cc1. The number of aromatic nitrogens is 3. The van der Waals surface area contributed by atoms with Gasteiger partial charge in [-0.2, -0.15) is 0 Å². The number of hydrogen-bond donors (Lipinski definition) is 0. The Bertz CT molecular complexity index is 3410. The third kappa shape index (κ3) is 5.67. The molecule has 0 aliphatic carbocycles. The summed E-state index contributed by atoms with van der Waals surface area (Å²) in [5.41, 5.74) is 17.7. The Labute approximate surface area is 360 Å². The van der Waals surface area contributed by atoms with Crippen LogP contribution in [-0.4, -0.2) is 14.5 Å². The molecule has 1 aliphatic rings. The first-order valence-electron chi connectivity index (χ1n) is 21.2. The Hall–Kier alpha value is -8.14. The Balaban J connectivity index is 0.944. The maximum Gasteiger partial charge on any atom is 0.160 e. The van der Waals surface area contributed by atoms with Crippen LogP contribution in [0, 0.1) is 0 Å². The molecule has 0 fully saturated rings. The number of nitrogens with zero attached hydrogens (tertiary/aromatic N) is 3. The molecule has 9 aromatic carbocycles. The van der Waals surface area contributed by atoms with Gasteiger partial charge in [0.2, 0.25) is 0 Å². The van der Waals surface area contributed by atoms with Crippen LogP contribution >= 0.6 is 0 Å². The second-order valence-corrected chi connectivity index (χ2v) is 16.1. The minimum absolute atomic E-state index is 0.537. The zero-order valence-corrected chi connectivity index (χ0v) is 33.9. The molecule has 290 valence electrons. The molecule has 0 saturated carbocycles. The first-order valence-corrected chi connectivity index (χ1v) is 21.2. The lowest BCUT2D eigenvalue weighted by molar-refractivity contribution is 0.728. The van der Waals surface area contributed by atoms with Gasteiger partial charge < -0.3 is 4.57 Å². The highest BCUT2D eigenvalue weighted by atomic mass is 15.0. The van der Waals surface area contributed by atoms with E-state index < -0.39 is 5.41 Å². The molecule has 0 radical (unpaired) electrons. The first-order chi connectivity index (χ1) is 30.7. The van der Waals surface area contributed by atoms with Crippen LogP contribution in [0.2, 0.25) is 0 Å². The molecule has 0 saturated heterocycles. The molecule has 3 nitrogen and oxygen atoms in total. The molecule has 1 atom stereocenters. The lowest BCUT2D eigenvalue weighted by Crippen LogP contribution is -2.35. The fourth-order valence-electron chi connectivity index (χ4n) is 9.85. The maximum absolute atomic E-state index is 5.16. The van der Waals surface area contributed by atoms with Crippen molar-refractivity contribution in [3.8, 4) is 61.8 Å². The maximum atomic E-state index is 5.16. The molecule has 3 heterocycles. The van der Waals surface area contributed by atoms with E-state index >= 15 is 0 Å². The van der Waals surface area contributed by atoms with Crippen LogP contribution in [0.5, 0.6) is 0 Å². The van der Waals surface area contributed by atoms with E-state index in [2.05, 4.69) is 229 Å². The molecule has 62 heavy (non-hydrogen) atoms. The number of hydrogen-bond acceptors (Lipinski definition) is 2. The Morgan fingerprint density at radius 2 is 0.774 bits per heavy atom. The number of benzene rings is 9. The van der Waals surface area contributed by atoms with Crippen molar-refractivity contribution in [2.24, 2.45) is 0 Å². The largest absolute Gasteiger partial charge is 0.309 e. The molecule has 0 spiro atoms. The summed E-state index contributed by atoms with van der Waals surface area (Å²) < 4.78 is 2.48.